The summed E-state index contributed by atoms with van der Waals surface area (Å²) >= 11 is 5.83. The number of hydrogen-bond donors (Lipinski definition) is 1. The van der Waals surface area contributed by atoms with E-state index in [0.717, 1.165) is 32.1 Å². The van der Waals surface area contributed by atoms with Crippen molar-refractivity contribution in [1.29, 1.82) is 0 Å². The van der Waals surface area contributed by atoms with E-state index >= 15 is 0 Å². The summed E-state index contributed by atoms with van der Waals surface area (Å²) in [5.74, 6) is -2.58. The van der Waals surface area contributed by atoms with Crippen LogP contribution in [0, 0.1) is 5.92 Å². The van der Waals surface area contributed by atoms with Gasteiger partial charge >= 0.3 is 41.6 Å². The monoisotopic (exact) mass is 461 g/mol. The topological polar surface area (TPSA) is 105 Å². The number of rotatable bonds is 10. The number of carbonyl (C=O) groups is 3. The van der Waals surface area contributed by atoms with Gasteiger partial charge in [-0.25, -0.2) is 4.79 Å². The number of hydrogen-bond acceptors (Lipinski definition) is 6. The van der Waals surface area contributed by atoms with Gasteiger partial charge in [-0.05, 0) is 43.4 Å². The molecule has 1 aliphatic rings. The van der Waals surface area contributed by atoms with E-state index in [1.165, 1.54) is 0 Å². The molecule has 9 heteroatoms. The molecule has 0 saturated heterocycles. The molecule has 2 atom stereocenters. The van der Waals surface area contributed by atoms with Crippen LogP contribution in [-0.4, -0.2) is 30.9 Å². The van der Waals surface area contributed by atoms with Gasteiger partial charge in [0, 0.05) is 29.9 Å². The first kappa shape index (κ1) is 27.8. The van der Waals surface area contributed by atoms with Crippen LogP contribution in [0.2, 0.25) is 5.02 Å². The van der Waals surface area contributed by atoms with Crippen molar-refractivity contribution in [3.63, 3.8) is 0 Å². The van der Waals surface area contributed by atoms with Gasteiger partial charge in [0.2, 0.25) is 6.29 Å². The molecule has 1 aromatic rings. The first-order valence-corrected chi connectivity index (χ1v) is 10.9. The van der Waals surface area contributed by atoms with E-state index in [0.29, 0.717) is 23.4 Å². The Morgan fingerprint density at radius 1 is 1.10 bits per heavy atom. The van der Waals surface area contributed by atoms with Crippen molar-refractivity contribution in [2.75, 3.05) is 6.54 Å². The summed E-state index contributed by atoms with van der Waals surface area (Å²) in [5, 5.41) is 14.5. The van der Waals surface area contributed by atoms with Gasteiger partial charge in [-0.2, -0.15) is 0 Å². The fraction of sp³-hybridized carbons (Fsp3) is 0.591. The number of amides is 1. The maximum atomic E-state index is 12.3. The Morgan fingerprint density at radius 3 is 2.32 bits per heavy atom. The van der Waals surface area contributed by atoms with E-state index in [1.807, 2.05) is 6.92 Å². The maximum Gasteiger partial charge on any atom is 1.00 e. The quantitative estimate of drug-likeness (QED) is 0.310. The van der Waals surface area contributed by atoms with Crippen LogP contribution in [0.25, 0.3) is 0 Å². The smallest absolute Gasteiger partial charge is 0.549 e. The van der Waals surface area contributed by atoms with E-state index < -0.39 is 24.3 Å². The minimum Gasteiger partial charge on any atom is -0.549 e. The van der Waals surface area contributed by atoms with Crippen molar-refractivity contribution < 1.29 is 58.5 Å². The zero-order chi connectivity index (χ0) is 21.9. The van der Waals surface area contributed by atoms with Gasteiger partial charge in [-0.3, -0.25) is 4.79 Å². The molecule has 2 unspecified atom stereocenters. The van der Waals surface area contributed by atoms with E-state index in [-0.39, 0.29) is 54.4 Å². The molecule has 2 rings (SSSR count). The van der Waals surface area contributed by atoms with Crippen molar-refractivity contribution >= 4 is 29.6 Å². The van der Waals surface area contributed by atoms with Crippen LogP contribution in [0.5, 0.6) is 0 Å². The molecule has 0 radical (unpaired) electrons. The number of benzene rings is 1. The number of carboxylic acid groups (broad SMARTS) is 1. The number of esters is 1. The standard InChI is InChI=1S/C22H30ClNO6.Na/c1-2-6-19(29-21(27)16-7-4-3-5-8-16)30-22(28)24-14-13-18(20(25)26)15-9-11-17(23)12-10-15;/h9-12,16,18-19H,2-8,13-14H2,1H3,(H,24,28)(H,25,26);/q;+1/p-1. The minimum absolute atomic E-state index is 0. The molecule has 1 aromatic carbocycles. The van der Waals surface area contributed by atoms with E-state index in [4.69, 9.17) is 21.1 Å². The predicted molar refractivity (Wildman–Crippen MR) is 110 cm³/mol. The zero-order valence-electron chi connectivity index (χ0n) is 18.2. The molecule has 1 saturated carbocycles. The number of alkyl carbamates (subject to hydrolysis) is 1. The first-order chi connectivity index (χ1) is 14.4. The zero-order valence-corrected chi connectivity index (χ0v) is 21.0. The summed E-state index contributed by atoms with van der Waals surface area (Å²) in [6.45, 7) is 1.97. The van der Waals surface area contributed by atoms with Crippen molar-refractivity contribution in [2.24, 2.45) is 5.92 Å². The van der Waals surface area contributed by atoms with E-state index in [9.17, 15) is 19.5 Å². The molecular formula is C22H29ClNNaO6. The van der Waals surface area contributed by atoms with Crippen molar-refractivity contribution in [3.8, 4) is 0 Å². The van der Waals surface area contributed by atoms with Gasteiger partial charge < -0.3 is 24.7 Å². The van der Waals surface area contributed by atoms with E-state index in [1.54, 1.807) is 24.3 Å². The largest absolute Gasteiger partial charge is 1.00 e. The van der Waals surface area contributed by atoms with Gasteiger partial charge in [-0.1, -0.05) is 49.9 Å². The number of nitrogens with one attached hydrogen (secondary N) is 1. The summed E-state index contributed by atoms with van der Waals surface area (Å²) < 4.78 is 10.7. The fourth-order valence-corrected chi connectivity index (χ4v) is 3.66. The SMILES string of the molecule is CCCC(OC(=O)NCCC(C(=O)[O-])c1ccc(Cl)cc1)OC(=O)C1CCCCC1.[Na+]. The van der Waals surface area contributed by atoms with Crippen LogP contribution in [0.1, 0.15) is 69.8 Å². The average Bonchev–Trinajstić information content (AvgIpc) is 2.72. The molecule has 0 aliphatic heterocycles. The maximum absolute atomic E-state index is 12.3. The van der Waals surface area contributed by atoms with Crippen LogP contribution in [0.15, 0.2) is 24.3 Å². The normalized spacial score (nSPS) is 15.8. The van der Waals surface area contributed by atoms with Gasteiger partial charge in [0.25, 0.3) is 0 Å². The fourth-order valence-electron chi connectivity index (χ4n) is 3.54. The summed E-state index contributed by atoms with van der Waals surface area (Å²) in [6, 6.07) is 6.43. The van der Waals surface area contributed by atoms with Gasteiger partial charge in [-0.15, -0.1) is 0 Å². The van der Waals surface area contributed by atoms with Crippen molar-refractivity contribution in [1.82, 2.24) is 5.32 Å². The molecule has 0 spiro atoms. The van der Waals surface area contributed by atoms with Crippen LogP contribution in [0.4, 0.5) is 4.79 Å². The Labute approximate surface area is 210 Å². The van der Waals surface area contributed by atoms with Gasteiger partial charge in [0.1, 0.15) is 0 Å². The summed E-state index contributed by atoms with van der Waals surface area (Å²) in [7, 11) is 0. The second-order valence-corrected chi connectivity index (χ2v) is 7.97. The third-order valence-electron chi connectivity index (χ3n) is 5.21. The molecule has 1 N–H and O–H groups in total. The Balaban J connectivity index is 0.00000480. The van der Waals surface area contributed by atoms with Gasteiger partial charge in [0.15, 0.2) is 0 Å². The molecule has 166 valence electrons. The molecule has 31 heavy (non-hydrogen) atoms. The Hall–Kier alpha value is -1.28. The number of aliphatic carboxylic acids is 1. The van der Waals surface area contributed by atoms with Crippen molar-refractivity contribution in [3.05, 3.63) is 34.9 Å². The number of carboxylic acids is 1. The Kier molecular flexibility index (Phi) is 13.2. The number of halogens is 1. The van der Waals surface area contributed by atoms with E-state index in [2.05, 4.69) is 5.32 Å². The average molecular weight is 462 g/mol. The summed E-state index contributed by atoms with van der Waals surface area (Å²) in [4.78, 5) is 35.9. The van der Waals surface area contributed by atoms with Crippen LogP contribution >= 0.6 is 11.6 Å². The van der Waals surface area contributed by atoms with Crippen LogP contribution < -0.4 is 40.0 Å². The minimum atomic E-state index is -1.24. The third-order valence-corrected chi connectivity index (χ3v) is 5.46. The third kappa shape index (κ3) is 9.81. The number of ether oxygens (including phenoxy) is 2. The number of carbonyl (C=O) groups excluding carboxylic acids is 3. The molecule has 0 aromatic heterocycles. The Bertz CT molecular complexity index is 708. The van der Waals surface area contributed by atoms with Crippen molar-refractivity contribution in [2.45, 2.75) is 70.5 Å². The predicted octanol–water partition coefficient (Wildman–Crippen LogP) is 0.544. The Morgan fingerprint density at radius 2 is 1.74 bits per heavy atom. The summed E-state index contributed by atoms with van der Waals surface area (Å²) in [6.07, 6.45) is 4.26. The second kappa shape index (κ2) is 14.7. The van der Waals surface area contributed by atoms with Crippen LogP contribution in [-0.2, 0) is 19.1 Å². The molecular weight excluding hydrogens is 433 g/mol. The molecule has 1 amide bonds. The van der Waals surface area contributed by atoms with Gasteiger partial charge in [0.05, 0.1) is 5.92 Å². The molecule has 0 heterocycles. The molecule has 1 aliphatic carbocycles. The first-order valence-electron chi connectivity index (χ1n) is 10.5. The molecule has 0 bridgehead atoms. The molecule has 1 fully saturated rings. The second-order valence-electron chi connectivity index (χ2n) is 7.53. The van der Waals surface area contributed by atoms with Crippen LogP contribution in [0.3, 0.4) is 0 Å². The molecule has 7 nitrogen and oxygen atoms in total. The summed E-state index contributed by atoms with van der Waals surface area (Å²) in [5.41, 5.74) is 0.542.